The zero-order chi connectivity index (χ0) is 19.3. The number of benzene rings is 1. The minimum absolute atomic E-state index is 0.0190. The van der Waals surface area contributed by atoms with Gasteiger partial charge in [-0.25, -0.2) is 8.42 Å². The lowest BCUT2D eigenvalue weighted by atomic mass is 10.2. The van der Waals surface area contributed by atoms with Gasteiger partial charge in [0.1, 0.15) is 0 Å². The smallest absolute Gasteiger partial charge is 0.293 e. The first-order valence-corrected chi connectivity index (χ1v) is 10.3. The van der Waals surface area contributed by atoms with Gasteiger partial charge in [0.2, 0.25) is 15.9 Å². The Morgan fingerprint density at radius 3 is 2.54 bits per heavy atom. The van der Waals surface area contributed by atoms with E-state index in [1.54, 1.807) is 6.08 Å². The molecule has 1 saturated heterocycles. The number of likely N-dealkylation sites (N-methyl/N-ethyl adjacent to an activating group) is 1. The van der Waals surface area contributed by atoms with Crippen LogP contribution in [-0.4, -0.2) is 67.6 Å². The third-order valence-corrected chi connectivity index (χ3v) is 5.73. The lowest BCUT2D eigenvalue weighted by molar-refractivity contribution is -0.124. The van der Waals surface area contributed by atoms with Gasteiger partial charge in [0, 0.05) is 20.1 Å². The van der Waals surface area contributed by atoms with Crippen LogP contribution >= 0.6 is 11.8 Å². The highest BCUT2D eigenvalue weighted by atomic mass is 32.2. The summed E-state index contributed by atoms with van der Waals surface area (Å²) in [5.74, 6) is -0.920. The number of hydrogen-bond donors (Lipinski definition) is 1. The Kier molecular flexibility index (Phi) is 6.57. The molecule has 2 rings (SSSR count). The molecule has 0 bridgehead atoms. The van der Waals surface area contributed by atoms with Crippen LogP contribution in [0.4, 0.5) is 4.79 Å². The van der Waals surface area contributed by atoms with Crippen LogP contribution in [0.1, 0.15) is 5.56 Å². The van der Waals surface area contributed by atoms with Crippen LogP contribution in [-0.2, 0) is 19.6 Å². The van der Waals surface area contributed by atoms with Crippen molar-refractivity contribution in [2.75, 3.05) is 32.9 Å². The zero-order valence-corrected chi connectivity index (χ0v) is 16.0. The number of sulfonamides is 1. The molecule has 8 nitrogen and oxygen atoms in total. The van der Waals surface area contributed by atoms with Gasteiger partial charge in [0.05, 0.1) is 17.7 Å². The number of rotatable bonds is 7. The third-order valence-electron chi connectivity index (χ3n) is 3.56. The summed E-state index contributed by atoms with van der Waals surface area (Å²) in [6.45, 7) is -0.257. The summed E-state index contributed by atoms with van der Waals surface area (Å²) in [7, 11) is -2.16. The van der Waals surface area contributed by atoms with Crippen LogP contribution in [0.2, 0.25) is 0 Å². The van der Waals surface area contributed by atoms with Crippen LogP contribution in [0.3, 0.4) is 0 Å². The number of thioether (sulfide) groups is 1. The highest BCUT2D eigenvalue weighted by Crippen LogP contribution is 2.31. The summed E-state index contributed by atoms with van der Waals surface area (Å²) in [6, 6.07) is 9.17. The fraction of sp³-hybridized carbons (Fsp3) is 0.312. The second-order valence-corrected chi connectivity index (χ2v) is 8.70. The van der Waals surface area contributed by atoms with Gasteiger partial charge in [-0.2, -0.15) is 4.31 Å². The van der Waals surface area contributed by atoms with Crippen molar-refractivity contribution in [2.45, 2.75) is 0 Å². The zero-order valence-electron chi connectivity index (χ0n) is 14.3. The third kappa shape index (κ3) is 5.41. The van der Waals surface area contributed by atoms with Gasteiger partial charge in [0.15, 0.2) is 0 Å². The maximum atomic E-state index is 12.3. The molecule has 0 saturated carbocycles. The largest absolute Gasteiger partial charge is 0.353 e. The van der Waals surface area contributed by atoms with Gasteiger partial charge < -0.3 is 5.32 Å². The standard InChI is InChI=1S/C16H19N3O5S2/c1-18(26(2,23)24)11-14(20)17-8-9-19-15(21)13(25-16(19)22)10-12-6-4-3-5-7-12/h3-7,10H,8-9,11H2,1-2H3,(H,17,20)/b13-10-. The van der Waals surface area contributed by atoms with Crippen molar-refractivity contribution in [3.63, 3.8) is 0 Å². The van der Waals surface area contributed by atoms with Crippen molar-refractivity contribution >= 4 is 44.9 Å². The number of amides is 3. The van der Waals surface area contributed by atoms with Crippen molar-refractivity contribution in [1.82, 2.24) is 14.5 Å². The molecule has 1 aromatic rings. The maximum Gasteiger partial charge on any atom is 0.293 e. The molecule has 0 atom stereocenters. The summed E-state index contributed by atoms with van der Waals surface area (Å²) in [6.07, 6.45) is 2.64. The van der Waals surface area contributed by atoms with Gasteiger partial charge >= 0.3 is 0 Å². The molecular weight excluding hydrogens is 378 g/mol. The molecule has 0 spiro atoms. The Labute approximate surface area is 156 Å². The molecule has 26 heavy (non-hydrogen) atoms. The monoisotopic (exact) mass is 397 g/mol. The number of carbonyl (C=O) groups is 3. The van der Waals surface area contributed by atoms with Crippen LogP contribution in [0.15, 0.2) is 35.2 Å². The fourth-order valence-electron chi connectivity index (χ4n) is 2.08. The van der Waals surface area contributed by atoms with Crippen LogP contribution < -0.4 is 5.32 Å². The molecule has 10 heteroatoms. The van der Waals surface area contributed by atoms with E-state index in [0.29, 0.717) is 4.91 Å². The first-order valence-electron chi connectivity index (χ1n) is 7.67. The number of hydrogen-bond acceptors (Lipinski definition) is 6. The van der Waals surface area contributed by atoms with E-state index in [0.717, 1.165) is 32.8 Å². The van der Waals surface area contributed by atoms with E-state index in [1.165, 1.54) is 7.05 Å². The van der Waals surface area contributed by atoms with Gasteiger partial charge in [-0.05, 0) is 23.4 Å². The van der Waals surface area contributed by atoms with Crippen LogP contribution in [0.5, 0.6) is 0 Å². The topological polar surface area (TPSA) is 104 Å². The first kappa shape index (κ1) is 20.1. The predicted molar refractivity (Wildman–Crippen MR) is 99.6 cm³/mol. The molecule has 140 valence electrons. The fourth-order valence-corrected chi connectivity index (χ4v) is 3.29. The van der Waals surface area contributed by atoms with Crippen molar-refractivity contribution in [2.24, 2.45) is 0 Å². The van der Waals surface area contributed by atoms with E-state index in [9.17, 15) is 22.8 Å². The van der Waals surface area contributed by atoms with Gasteiger partial charge in [0.25, 0.3) is 11.1 Å². The summed E-state index contributed by atoms with van der Waals surface area (Å²) in [4.78, 5) is 37.4. The average Bonchev–Trinajstić information content (AvgIpc) is 2.82. The molecule has 0 aromatic heterocycles. The molecule has 1 heterocycles. The predicted octanol–water partition coefficient (Wildman–Crippen LogP) is 0.731. The molecule has 1 N–H and O–H groups in total. The van der Waals surface area contributed by atoms with Crippen molar-refractivity contribution in [3.05, 3.63) is 40.8 Å². The van der Waals surface area contributed by atoms with Crippen molar-refractivity contribution < 1.29 is 22.8 Å². The minimum Gasteiger partial charge on any atom is -0.353 e. The van der Waals surface area contributed by atoms with Crippen molar-refractivity contribution in [1.29, 1.82) is 0 Å². The van der Waals surface area contributed by atoms with Crippen molar-refractivity contribution in [3.8, 4) is 0 Å². The number of nitrogens with zero attached hydrogens (tertiary/aromatic N) is 2. The Balaban J connectivity index is 1.88. The second kappa shape index (κ2) is 8.47. The minimum atomic E-state index is -3.45. The maximum absolute atomic E-state index is 12.3. The van der Waals surface area contributed by atoms with Crippen LogP contribution in [0.25, 0.3) is 6.08 Å². The highest BCUT2D eigenvalue weighted by Gasteiger charge is 2.34. The number of nitrogens with one attached hydrogen (secondary N) is 1. The van der Waals surface area contributed by atoms with Crippen LogP contribution in [0, 0.1) is 0 Å². The molecule has 1 aromatic carbocycles. The molecule has 1 aliphatic heterocycles. The molecule has 1 aliphatic rings. The number of carbonyl (C=O) groups excluding carboxylic acids is 3. The number of imide groups is 1. The average molecular weight is 397 g/mol. The Hall–Kier alpha value is -2.17. The Morgan fingerprint density at radius 2 is 1.92 bits per heavy atom. The SMILES string of the molecule is CN(CC(=O)NCCN1C(=O)S/C(=C\c2ccccc2)C1=O)S(C)(=O)=O. The quantitative estimate of drug-likeness (QED) is 0.681. The van der Waals surface area contributed by atoms with Gasteiger partial charge in [-0.15, -0.1) is 0 Å². The van der Waals surface area contributed by atoms with E-state index in [2.05, 4.69) is 5.32 Å². The van der Waals surface area contributed by atoms with Gasteiger partial charge in [-0.1, -0.05) is 30.3 Å². The molecule has 0 unspecified atom stereocenters. The molecule has 3 amide bonds. The van der Waals surface area contributed by atoms with E-state index < -0.39 is 27.1 Å². The second-order valence-electron chi connectivity index (χ2n) is 5.61. The van der Waals surface area contributed by atoms with Gasteiger partial charge in [-0.3, -0.25) is 19.3 Å². The van der Waals surface area contributed by atoms with E-state index >= 15 is 0 Å². The Morgan fingerprint density at radius 1 is 1.27 bits per heavy atom. The lowest BCUT2D eigenvalue weighted by Crippen LogP contribution is -2.41. The summed E-state index contributed by atoms with van der Waals surface area (Å²) in [5.41, 5.74) is 0.815. The summed E-state index contributed by atoms with van der Waals surface area (Å²) >= 11 is 0.848. The molecule has 0 radical (unpaired) electrons. The molecule has 0 aliphatic carbocycles. The summed E-state index contributed by atoms with van der Waals surface area (Å²) in [5, 5.41) is 2.10. The van der Waals surface area contributed by atoms with E-state index in [1.807, 2.05) is 30.3 Å². The highest BCUT2D eigenvalue weighted by molar-refractivity contribution is 8.18. The normalized spacial score (nSPS) is 16.6. The summed E-state index contributed by atoms with van der Waals surface area (Å²) < 4.78 is 23.4. The Bertz CT molecular complexity index is 837. The van der Waals surface area contributed by atoms with E-state index in [4.69, 9.17) is 0 Å². The lowest BCUT2D eigenvalue weighted by Gasteiger charge is -2.15. The van der Waals surface area contributed by atoms with E-state index in [-0.39, 0.29) is 19.6 Å². The molecule has 1 fully saturated rings. The molecular formula is C16H19N3O5S2. The first-order chi connectivity index (χ1) is 12.2.